The zero-order valence-corrected chi connectivity index (χ0v) is 15.0. The number of rotatable bonds is 4. The molecule has 1 N–H and O–H groups in total. The molecule has 1 aromatic carbocycles. The van der Waals surface area contributed by atoms with E-state index in [0.717, 1.165) is 15.3 Å². The molecule has 122 valence electrons. The van der Waals surface area contributed by atoms with E-state index >= 15 is 0 Å². The van der Waals surface area contributed by atoms with Gasteiger partial charge in [-0.3, -0.25) is 4.79 Å². The molecule has 4 nitrogen and oxygen atoms in total. The maximum atomic E-state index is 12.2. The van der Waals surface area contributed by atoms with Gasteiger partial charge in [0.05, 0.1) is 5.56 Å². The molecule has 0 aliphatic heterocycles. The van der Waals surface area contributed by atoms with Crippen LogP contribution in [0, 0.1) is 20.8 Å². The van der Waals surface area contributed by atoms with Crippen molar-refractivity contribution in [3.05, 3.63) is 50.2 Å². The predicted molar refractivity (Wildman–Crippen MR) is 93.5 cm³/mol. The van der Waals surface area contributed by atoms with Gasteiger partial charge in [-0.1, -0.05) is 17.7 Å². The van der Waals surface area contributed by atoms with Crippen LogP contribution in [0.5, 0.6) is 0 Å². The largest absolute Gasteiger partial charge is 0.449 e. The molecule has 0 fully saturated rings. The fourth-order valence-electron chi connectivity index (χ4n) is 2.09. The lowest BCUT2D eigenvalue weighted by atomic mass is 10.2. The van der Waals surface area contributed by atoms with Gasteiger partial charge in [-0.05, 0) is 51.5 Å². The maximum absolute atomic E-state index is 12.2. The Balaban J connectivity index is 2.04. The van der Waals surface area contributed by atoms with Crippen molar-refractivity contribution in [3.8, 4) is 0 Å². The summed E-state index contributed by atoms with van der Waals surface area (Å²) in [5.74, 6) is -0.884. The second-order valence-electron chi connectivity index (χ2n) is 5.28. The van der Waals surface area contributed by atoms with Gasteiger partial charge in [0.15, 0.2) is 6.10 Å². The van der Waals surface area contributed by atoms with Crippen LogP contribution in [0.2, 0.25) is 5.02 Å². The summed E-state index contributed by atoms with van der Waals surface area (Å²) in [5, 5.41) is 3.30. The number of halogens is 1. The molecule has 1 atom stereocenters. The third-order valence-electron chi connectivity index (χ3n) is 3.44. The van der Waals surface area contributed by atoms with E-state index in [1.54, 1.807) is 31.2 Å². The first-order valence-corrected chi connectivity index (χ1v) is 8.33. The Morgan fingerprint density at radius 3 is 2.57 bits per heavy atom. The molecule has 2 rings (SSSR count). The van der Waals surface area contributed by atoms with Gasteiger partial charge in [0, 0.05) is 20.5 Å². The summed E-state index contributed by atoms with van der Waals surface area (Å²) in [6, 6.07) is 7.02. The number of hydrogen-bond donors (Lipinski definition) is 1. The first-order valence-electron chi connectivity index (χ1n) is 7.13. The number of anilines is 1. The third-order valence-corrected chi connectivity index (χ3v) is 4.81. The highest BCUT2D eigenvalue weighted by Crippen LogP contribution is 2.24. The molecule has 6 heteroatoms. The first kappa shape index (κ1) is 17.5. The summed E-state index contributed by atoms with van der Waals surface area (Å²) in [7, 11) is 0. The zero-order valence-electron chi connectivity index (χ0n) is 13.4. The predicted octanol–water partition coefficient (Wildman–Crippen LogP) is 4.51. The highest BCUT2D eigenvalue weighted by atomic mass is 35.5. The summed E-state index contributed by atoms with van der Waals surface area (Å²) in [4.78, 5) is 26.3. The molecule has 2 aromatic rings. The maximum Gasteiger partial charge on any atom is 0.340 e. The highest BCUT2D eigenvalue weighted by molar-refractivity contribution is 7.12. The number of thiophene rings is 1. The Hall–Kier alpha value is -1.85. The molecule has 1 aromatic heterocycles. The number of esters is 1. The molecule has 0 saturated carbocycles. The molecule has 0 saturated heterocycles. The standard InChI is InChI=1S/C17H18ClNO3S/c1-9-8-13(12(4)23-9)17(21)22-11(3)16(20)19-15-7-5-6-14(18)10(15)2/h5-8,11H,1-4H3,(H,19,20)/t11-/m1/s1. The SMILES string of the molecule is Cc1cc(C(=O)O[C@H](C)C(=O)Nc2cccc(Cl)c2C)c(C)s1. The summed E-state index contributed by atoms with van der Waals surface area (Å²) in [6.45, 7) is 7.13. The van der Waals surface area contributed by atoms with Crippen molar-refractivity contribution in [1.82, 2.24) is 0 Å². The van der Waals surface area contributed by atoms with Gasteiger partial charge in [0.2, 0.25) is 0 Å². The number of carbonyl (C=O) groups excluding carboxylic acids is 2. The Bertz CT molecular complexity index is 754. The molecule has 0 bridgehead atoms. The Morgan fingerprint density at radius 2 is 1.96 bits per heavy atom. The monoisotopic (exact) mass is 351 g/mol. The molecule has 1 amide bonds. The van der Waals surface area contributed by atoms with Crippen LogP contribution in [0.25, 0.3) is 0 Å². The van der Waals surface area contributed by atoms with Crippen LogP contribution in [-0.2, 0) is 9.53 Å². The lowest BCUT2D eigenvalue weighted by Gasteiger charge is -2.15. The number of hydrogen-bond acceptors (Lipinski definition) is 4. The van der Waals surface area contributed by atoms with Crippen molar-refractivity contribution in [2.75, 3.05) is 5.32 Å². The van der Waals surface area contributed by atoms with Gasteiger partial charge >= 0.3 is 5.97 Å². The van der Waals surface area contributed by atoms with Gasteiger partial charge in [-0.15, -0.1) is 11.3 Å². The van der Waals surface area contributed by atoms with E-state index in [-0.39, 0.29) is 0 Å². The molecule has 0 spiro atoms. The van der Waals surface area contributed by atoms with E-state index in [2.05, 4.69) is 5.32 Å². The average Bonchev–Trinajstić information content (AvgIpc) is 2.82. The van der Waals surface area contributed by atoms with Crippen LogP contribution in [-0.4, -0.2) is 18.0 Å². The van der Waals surface area contributed by atoms with E-state index in [0.29, 0.717) is 16.3 Å². The summed E-state index contributed by atoms with van der Waals surface area (Å²) in [6.07, 6.45) is -0.902. The average molecular weight is 352 g/mol. The number of aryl methyl sites for hydroxylation is 2. The molecular formula is C17H18ClNO3S. The van der Waals surface area contributed by atoms with Crippen LogP contribution < -0.4 is 5.32 Å². The van der Waals surface area contributed by atoms with E-state index in [4.69, 9.17) is 16.3 Å². The molecule has 0 radical (unpaired) electrons. The smallest absolute Gasteiger partial charge is 0.340 e. The quantitative estimate of drug-likeness (QED) is 0.824. The lowest BCUT2D eigenvalue weighted by molar-refractivity contribution is -0.123. The molecular weight excluding hydrogens is 334 g/mol. The highest BCUT2D eigenvalue weighted by Gasteiger charge is 2.21. The van der Waals surface area contributed by atoms with Gasteiger partial charge in [0.1, 0.15) is 0 Å². The van der Waals surface area contributed by atoms with Crippen LogP contribution in [0.15, 0.2) is 24.3 Å². The van der Waals surface area contributed by atoms with Crippen LogP contribution in [0.1, 0.15) is 32.6 Å². The fourth-order valence-corrected chi connectivity index (χ4v) is 3.17. The van der Waals surface area contributed by atoms with E-state index < -0.39 is 18.0 Å². The number of carbonyl (C=O) groups is 2. The summed E-state index contributed by atoms with van der Waals surface area (Å²) in [5.41, 5.74) is 1.88. The third kappa shape index (κ3) is 4.12. The number of amides is 1. The van der Waals surface area contributed by atoms with Crippen molar-refractivity contribution < 1.29 is 14.3 Å². The normalized spacial score (nSPS) is 11.9. The van der Waals surface area contributed by atoms with Gasteiger partial charge in [-0.2, -0.15) is 0 Å². The van der Waals surface area contributed by atoms with Crippen molar-refractivity contribution in [1.29, 1.82) is 0 Å². The second kappa shape index (κ2) is 7.15. The van der Waals surface area contributed by atoms with Crippen LogP contribution in [0.4, 0.5) is 5.69 Å². The number of benzene rings is 1. The first-order chi connectivity index (χ1) is 10.8. The fraction of sp³-hybridized carbons (Fsp3) is 0.294. The Labute approximate surface area is 144 Å². The van der Waals surface area contributed by atoms with Crippen molar-refractivity contribution in [2.45, 2.75) is 33.8 Å². The Kier molecular flexibility index (Phi) is 5.44. The minimum Gasteiger partial charge on any atom is -0.449 e. The molecule has 23 heavy (non-hydrogen) atoms. The second-order valence-corrected chi connectivity index (χ2v) is 7.14. The Morgan fingerprint density at radius 1 is 1.26 bits per heavy atom. The minimum absolute atomic E-state index is 0.395. The topological polar surface area (TPSA) is 55.4 Å². The van der Waals surface area contributed by atoms with Gasteiger partial charge in [-0.25, -0.2) is 4.79 Å². The molecule has 0 unspecified atom stereocenters. The lowest BCUT2D eigenvalue weighted by Crippen LogP contribution is -2.30. The van der Waals surface area contributed by atoms with Crippen molar-refractivity contribution in [3.63, 3.8) is 0 Å². The van der Waals surface area contributed by atoms with Crippen LogP contribution in [0.3, 0.4) is 0 Å². The van der Waals surface area contributed by atoms with Crippen molar-refractivity contribution in [2.24, 2.45) is 0 Å². The van der Waals surface area contributed by atoms with Gasteiger partial charge < -0.3 is 10.1 Å². The zero-order chi connectivity index (χ0) is 17.1. The molecule has 0 aliphatic carbocycles. The number of nitrogens with one attached hydrogen (secondary N) is 1. The van der Waals surface area contributed by atoms with E-state index in [9.17, 15) is 9.59 Å². The molecule has 1 heterocycles. The van der Waals surface area contributed by atoms with Crippen molar-refractivity contribution >= 4 is 40.5 Å². The van der Waals surface area contributed by atoms with Gasteiger partial charge in [0.25, 0.3) is 5.91 Å². The molecule has 0 aliphatic rings. The van der Waals surface area contributed by atoms with E-state index in [1.807, 2.05) is 20.8 Å². The minimum atomic E-state index is -0.902. The van der Waals surface area contributed by atoms with E-state index in [1.165, 1.54) is 11.3 Å². The number of ether oxygens (including phenoxy) is 1. The van der Waals surface area contributed by atoms with Crippen LogP contribution >= 0.6 is 22.9 Å². The summed E-state index contributed by atoms with van der Waals surface area (Å²) < 4.78 is 5.26. The summed E-state index contributed by atoms with van der Waals surface area (Å²) >= 11 is 7.55.